The van der Waals surface area contributed by atoms with Gasteiger partial charge in [0.05, 0.1) is 11.1 Å². The van der Waals surface area contributed by atoms with Gasteiger partial charge in [0, 0.05) is 28.8 Å². The predicted molar refractivity (Wildman–Crippen MR) is 141 cm³/mol. The molecular formula is C27H27N5O3S. The Morgan fingerprint density at radius 3 is 2.44 bits per heavy atom. The van der Waals surface area contributed by atoms with E-state index in [-0.39, 0.29) is 10.7 Å². The number of rotatable bonds is 8. The molecular weight excluding hydrogens is 474 g/mol. The third-order valence-corrected chi connectivity index (χ3v) is 7.41. The lowest BCUT2D eigenvalue weighted by molar-refractivity contribution is -0.119. The van der Waals surface area contributed by atoms with Gasteiger partial charge in [0.15, 0.2) is 0 Å². The number of nitrogens with one attached hydrogen (secondary N) is 1. The van der Waals surface area contributed by atoms with Gasteiger partial charge in [0.2, 0.25) is 0 Å². The van der Waals surface area contributed by atoms with Gasteiger partial charge in [-0.05, 0) is 68.8 Å². The van der Waals surface area contributed by atoms with E-state index in [1.807, 2.05) is 45.0 Å². The largest absolute Gasteiger partial charge is 0.318 e. The number of sulfonamides is 1. The molecule has 2 heterocycles. The predicted octanol–water partition coefficient (Wildman–Crippen LogP) is 4.14. The molecule has 184 valence electrons. The Morgan fingerprint density at radius 1 is 1.00 bits per heavy atom. The first kappa shape index (κ1) is 24.9. The van der Waals surface area contributed by atoms with E-state index >= 15 is 0 Å². The van der Waals surface area contributed by atoms with Gasteiger partial charge in [-0.25, -0.2) is 23.1 Å². The monoisotopic (exact) mass is 501 g/mol. The first-order chi connectivity index (χ1) is 17.3. The van der Waals surface area contributed by atoms with Gasteiger partial charge >= 0.3 is 0 Å². The summed E-state index contributed by atoms with van der Waals surface area (Å²) in [5, 5.41) is 4.09. The summed E-state index contributed by atoms with van der Waals surface area (Å²) in [5.41, 5.74) is 7.49. The zero-order chi connectivity index (χ0) is 25.7. The van der Waals surface area contributed by atoms with Gasteiger partial charge in [-0.1, -0.05) is 36.4 Å². The maximum atomic E-state index is 13.3. The molecule has 2 aromatic heterocycles. The molecule has 0 saturated carbocycles. The number of benzene rings is 2. The minimum atomic E-state index is -4.01. The fourth-order valence-electron chi connectivity index (χ4n) is 3.93. The van der Waals surface area contributed by atoms with Gasteiger partial charge < -0.3 is 4.57 Å². The number of hydrazone groups is 1. The van der Waals surface area contributed by atoms with Crippen LogP contribution in [-0.4, -0.2) is 36.6 Å². The summed E-state index contributed by atoms with van der Waals surface area (Å²) in [5.74, 6) is -0.453. The van der Waals surface area contributed by atoms with Crippen molar-refractivity contribution in [3.8, 4) is 5.69 Å². The highest BCUT2D eigenvalue weighted by atomic mass is 32.2. The Labute approximate surface area is 211 Å². The van der Waals surface area contributed by atoms with E-state index in [0.717, 1.165) is 32.5 Å². The molecule has 0 radical (unpaired) electrons. The zero-order valence-electron chi connectivity index (χ0n) is 20.3. The topological polar surface area (TPSA) is 96.7 Å². The van der Waals surface area contributed by atoms with Crippen molar-refractivity contribution >= 4 is 28.0 Å². The van der Waals surface area contributed by atoms with Crippen molar-refractivity contribution in [2.24, 2.45) is 5.10 Å². The smallest absolute Gasteiger partial charge is 0.265 e. The van der Waals surface area contributed by atoms with Crippen LogP contribution in [0, 0.1) is 20.8 Å². The van der Waals surface area contributed by atoms with E-state index in [2.05, 4.69) is 26.1 Å². The third kappa shape index (κ3) is 5.36. The lowest BCUT2D eigenvalue weighted by atomic mass is 10.2. The second-order valence-electron chi connectivity index (χ2n) is 8.31. The van der Waals surface area contributed by atoms with Crippen molar-refractivity contribution in [1.29, 1.82) is 0 Å². The summed E-state index contributed by atoms with van der Waals surface area (Å²) in [6.45, 7) is 5.55. The van der Waals surface area contributed by atoms with Crippen LogP contribution in [0.4, 0.5) is 5.82 Å². The number of aryl methyl sites for hydroxylation is 2. The summed E-state index contributed by atoms with van der Waals surface area (Å²) in [4.78, 5) is 16.9. The van der Waals surface area contributed by atoms with Crippen LogP contribution in [0.25, 0.3) is 5.69 Å². The van der Waals surface area contributed by atoms with Gasteiger partial charge in [-0.15, -0.1) is 0 Å². The summed E-state index contributed by atoms with van der Waals surface area (Å²) in [7, 11) is -4.01. The normalized spacial score (nSPS) is 11.5. The average Bonchev–Trinajstić information content (AvgIpc) is 3.16. The number of carbonyl (C=O) groups is 1. The molecule has 4 aromatic rings. The average molecular weight is 502 g/mol. The van der Waals surface area contributed by atoms with Crippen molar-refractivity contribution in [3.05, 3.63) is 108 Å². The highest BCUT2D eigenvalue weighted by Gasteiger charge is 2.27. The van der Waals surface area contributed by atoms with Crippen LogP contribution in [-0.2, 0) is 14.8 Å². The first-order valence-electron chi connectivity index (χ1n) is 11.3. The number of nitrogens with zero attached hydrogens (tertiary/aromatic N) is 4. The molecule has 0 aliphatic rings. The molecule has 9 heteroatoms. The molecule has 0 aliphatic heterocycles. The molecule has 36 heavy (non-hydrogen) atoms. The standard InChI is InChI=1S/C27H27N5O3S/c1-20-10-9-11-24(16-20)32-21(2)17-23(22(32)3)18-29-30-27(33)19-31(26-14-7-8-15-28-26)36(34,35)25-12-5-4-6-13-25/h4-18H,19H2,1-3H3,(H,30,33)/b29-18-. The van der Waals surface area contributed by atoms with E-state index in [1.165, 1.54) is 24.4 Å². The number of carbonyl (C=O) groups excluding carboxylic acids is 1. The number of anilines is 1. The molecule has 0 saturated heterocycles. The molecule has 0 spiro atoms. The van der Waals surface area contributed by atoms with Crippen LogP contribution in [0.1, 0.15) is 22.5 Å². The van der Waals surface area contributed by atoms with E-state index in [4.69, 9.17) is 0 Å². The number of pyridine rings is 1. The van der Waals surface area contributed by atoms with Crippen LogP contribution in [0.2, 0.25) is 0 Å². The van der Waals surface area contributed by atoms with Crippen molar-refractivity contribution in [2.45, 2.75) is 25.7 Å². The summed E-state index contributed by atoms with van der Waals surface area (Å²) in [6, 6.07) is 23.0. The second-order valence-corrected chi connectivity index (χ2v) is 10.2. The zero-order valence-corrected chi connectivity index (χ0v) is 21.1. The molecule has 4 rings (SSSR count). The summed E-state index contributed by atoms with van der Waals surface area (Å²) in [6.07, 6.45) is 3.03. The molecule has 0 bridgehead atoms. The van der Waals surface area contributed by atoms with Crippen molar-refractivity contribution in [2.75, 3.05) is 10.8 Å². The molecule has 8 nitrogen and oxygen atoms in total. The maximum Gasteiger partial charge on any atom is 0.265 e. The lowest BCUT2D eigenvalue weighted by Crippen LogP contribution is -2.40. The molecule has 1 amide bonds. The van der Waals surface area contributed by atoms with Crippen LogP contribution >= 0.6 is 0 Å². The highest BCUT2D eigenvalue weighted by Crippen LogP contribution is 2.22. The number of amides is 1. The van der Waals surface area contributed by atoms with Crippen LogP contribution < -0.4 is 9.73 Å². The van der Waals surface area contributed by atoms with Crippen LogP contribution in [0.15, 0.2) is 95.1 Å². The number of aromatic nitrogens is 2. The molecule has 0 fully saturated rings. The van der Waals surface area contributed by atoms with E-state index in [0.29, 0.717) is 0 Å². The molecule has 0 atom stereocenters. The quantitative estimate of drug-likeness (QED) is 0.290. The second kappa shape index (κ2) is 10.6. The fourth-order valence-corrected chi connectivity index (χ4v) is 5.33. The fraction of sp³-hybridized carbons (Fsp3) is 0.148. The highest BCUT2D eigenvalue weighted by molar-refractivity contribution is 7.92. The molecule has 0 aliphatic carbocycles. The van der Waals surface area contributed by atoms with Gasteiger partial charge in [0.1, 0.15) is 12.4 Å². The van der Waals surface area contributed by atoms with Crippen molar-refractivity contribution in [3.63, 3.8) is 0 Å². The van der Waals surface area contributed by atoms with Gasteiger partial charge in [0.25, 0.3) is 15.9 Å². The molecule has 1 N–H and O–H groups in total. The Morgan fingerprint density at radius 2 is 1.75 bits per heavy atom. The first-order valence-corrected chi connectivity index (χ1v) is 12.8. The van der Waals surface area contributed by atoms with E-state index in [1.54, 1.807) is 36.5 Å². The van der Waals surface area contributed by atoms with Crippen molar-refractivity contribution < 1.29 is 13.2 Å². The SMILES string of the molecule is Cc1cccc(-n2c(C)cc(/C=N\NC(=O)CN(c3ccccn3)S(=O)(=O)c3ccccc3)c2C)c1. The summed E-state index contributed by atoms with van der Waals surface area (Å²) < 4.78 is 29.6. The molecule has 2 aromatic carbocycles. The van der Waals surface area contributed by atoms with Crippen LogP contribution in [0.3, 0.4) is 0 Å². The Bertz CT molecular complexity index is 1500. The van der Waals surface area contributed by atoms with Crippen molar-refractivity contribution in [1.82, 2.24) is 15.0 Å². The maximum absolute atomic E-state index is 13.3. The Hall–Kier alpha value is -4.24. The Kier molecular flexibility index (Phi) is 7.30. The number of hydrogen-bond donors (Lipinski definition) is 1. The lowest BCUT2D eigenvalue weighted by Gasteiger charge is -2.22. The third-order valence-electron chi connectivity index (χ3n) is 5.65. The number of hydrogen-bond acceptors (Lipinski definition) is 5. The summed E-state index contributed by atoms with van der Waals surface area (Å²) >= 11 is 0. The molecule has 0 unspecified atom stereocenters. The Balaban J connectivity index is 1.53. The minimum absolute atomic E-state index is 0.0653. The van der Waals surface area contributed by atoms with E-state index in [9.17, 15) is 13.2 Å². The minimum Gasteiger partial charge on any atom is -0.318 e. The van der Waals surface area contributed by atoms with E-state index < -0.39 is 22.5 Å². The van der Waals surface area contributed by atoms with Gasteiger partial charge in [-0.2, -0.15) is 5.10 Å². The van der Waals surface area contributed by atoms with Crippen LogP contribution in [0.5, 0.6) is 0 Å². The van der Waals surface area contributed by atoms with Gasteiger partial charge in [-0.3, -0.25) is 4.79 Å².